The number of aryl methyl sites for hydroxylation is 1. The molecule has 0 saturated carbocycles. The quantitative estimate of drug-likeness (QED) is 0.784. The molecule has 0 aliphatic carbocycles. The molecule has 0 atom stereocenters. The largest absolute Gasteiger partial charge is 0.397 e. The van der Waals surface area contributed by atoms with Gasteiger partial charge in [0.25, 0.3) is 11.8 Å². The first-order valence-electron chi connectivity index (χ1n) is 6.18. The number of para-hydroxylation sites is 1. The topological polar surface area (TPSA) is 103 Å². The van der Waals surface area contributed by atoms with E-state index in [1.807, 2.05) is 6.92 Å². The molecule has 2 amide bonds. The summed E-state index contributed by atoms with van der Waals surface area (Å²) in [6.45, 7) is 2.53. The molecule has 1 heterocycles. The summed E-state index contributed by atoms with van der Waals surface area (Å²) in [5.74, 6) is -0.927. The summed E-state index contributed by atoms with van der Waals surface area (Å²) in [6.07, 6.45) is 1.69. The van der Waals surface area contributed by atoms with Crippen molar-refractivity contribution < 1.29 is 9.59 Å². The van der Waals surface area contributed by atoms with Crippen LogP contribution in [-0.2, 0) is 6.54 Å². The number of nitrogen functional groups attached to an aromatic ring is 1. The normalized spacial score (nSPS) is 10.2. The van der Waals surface area contributed by atoms with E-state index in [1.54, 1.807) is 41.1 Å². The van der Waals surface area contributed by atoms with Gasteiger partial charge in [-0.25, -0.2) is 0 Å². The van der Waals surface area contributed by atoms with E-state index < -0.39 is 5.91 Å². The summed E-state index contributed by atoms with van der Waals surface area (Å²) in [5.41, 5.74) is 12.6. The molecule has 0 unspecified atom stereocenters. The second kappa shape index (κ2) is 5.48. The van der Waals surface area contributed by atoms with Crippen molar-refractivity contribution in [2.45, 2.75) is 13.5 Å². The third-order valence-corrected chi connectivity index (χ3v) is 2.93. The van der Waals surface area contributed by atoms with Crippen LogP contribution >= 0.6 is 0 Å². The van der Waals surface area contributed by atoms with Crippen LogP contribution in [0.3, 0.4) is 0 Å². The van der Waals surface area contributed by atoms with Gasteiger partial charge in [0.15, 0.2) is 0 Å². The number of nitrogens with two attached hydrogens (primary N) is 2. The Morgan fingerprint density at radius 3 is 2.65 bits per heavy atom. The number of amides is 2. The number of rotatable bonds is 4. The minimum Gasteiger partial charge on any atom is -0.397 e. The van der Waals surface area contributed by atoms with Gasteiger partial charge in [-0.1, -0.05) is 12.1 Å². The second-order valence-corrected chi connectivity index (χ2v) is 4.31. The molecular weight excluding hydrogens is 256 g/mol. The Morgan fingerprint density at radius 2 is 2.00 bits per heavy atom. The molecule has 0 aliphatic heterocycles. The zero-order chi connectivity index (χ0) is 14.7. The lowest BCUT2D eigenvalue weighted by molar-refractivity contribution is 0.100. The number of primary amides is 1. The van der Waals surface area contributed by atoms with Crippen LogP contribution in [-0.4, -0.2) is 16.4 Å². The van der Waals surface area contributed by atoms with Gasteiger partial charge in [-0.05, 0) is 25.1 Å². The molecule has 0 radical (unpaired) electrons. The number of carbonyl (C=O) groups is 2. The van der Waals surface area contributed by atoms with Crippen molar-refractivity contribution in [3.05, 3.63) is 47.8 Å². The Balaban J connectivity index is 2.30. The molecule has 0 saturated heterocycles. The lowest BCUT2D eigenvalue weighted by Gasteiger charge is -2.10. The molecule has 0 aliphatic rings. The number of aromatic nitrogens is 1. The summed E-state index contributed by atoms with van der Waals surface area (Å²) in [6, 6.07) is 8.18. The summed E-state index contributed by atoms with van der Waals surface area (Å²) >= 11 is 0. The SMILES string of the molecule is CCn1cc(N)cc1C(=O)Nc1ccccc1C(N)=O. The summed E-state index contributed by atoms with van der Waals surface area (Å²) in [5, 5.41) is 2.68. The molecule has 5 N–H and O–H groups in total. The van der Waals surface area contributed by atoms with Crippen molar-refractivity contribution >= 4 is 23.2 Å². The van der Waals surface area contributed by atoms with Gasteiger partial charge in [0.2, 0.25) is 0 Å². The lowest BCUT2D eigenvalue weighted by atomic mass is 10.1. The van der Waals surface area contributed by atoms with Gasteiger partial charge in [-0.2, -0.15) is 0 Å². The van der Waals surface area contributed by atoms with Crippen molar-refractivity contribution in [2.75, 3.05) is 11.1 Å². The maximum absolute atomic E-state index is 12.2. The highest BCUT2D eigenvalue weighted by Gasteiger charge is 2.15. The molecule has 0 bridgehead atoms. The number of nitrogens with zero attached hydrogens (tertiary/aromatic N) is 1. The highest BCUT2D eigenvalue weighted by atomic mass is 16.2. The van der Waals surface area contributed by atoms with Gasteiger partial charge in [0, 0.05) is 12.7 Å². The zero-order valence-corrected chi connectivity index (χ0v) is 11.1. The molecule has 0 spiro atoms. The number of hydrogen-bond donors (Lipinski definition) is 3. The van der Waals surface area contributed by atoms with E-state index in [0.29, 0.717) is 23.6 Å². The first kappa shape index (κ1) is 13.7. The van der Waals surface area contributed by atoms with Crippen LogP contribution in [0.5, 0.6) is 0 Å². The minimum atomic E-state index is -0.591. The van der Waals surface area contributed by atoms with Crippen LogP contribution in [0.15, 0.2) is 36.5 Å². The predicted octanol–water partition coefficient (Wildman–Crippen LogP) is 1.44. The molecule has 104 valence electrons. The number of nitrogens with one attached hydrogen (secondary N) is 1. The third-order valence-electron chi connectivity index (χ3n) is 2.93. The molecule has 20 heavy (non-hydrogen) atoms. The van der Waals surface area contributed by atoms with Gasteiger partial charge < -0.3 is 21.4 Å². The average molecular weight is 272 g/mol. The van der Waals surface area contributed by atoms with Crippen LogP contribution in [0.2, 0.25) is 0 Å². The maximum Gasteiger partial charge on any atom is 0.272 e. The Kier molecular flexibility index (Phi) is 3.74. The molecule has 2 rings (SSSR count). The Bertz CT molecular complexity index is 661. The van der Waals surface area contributed by atoms with E-state index in [4.69, 9.17) is 11.5 Å². The van der Waals surface area contributed by atoms with Crippen molar-refractivity contribution in [3.63, 3.8) is 0 Å². The maximum atomic E-state index is 12.2. The van der Waals surface area contributed by atoms with Gasteiger partial charge in [-0.3, -0.25) is 9.59 Å². The zero-order valence-electron chi connectivity index (χ0n) is 11.1. The van der Waals surface area contributed by atoms with Crippen LogP contribution in [0.4, 0.5) is 11.4 Å². The van der Waals surface area contributed by atoms with Gasteiger partial charge in [-0.15, -0.1) is 0 Å². The van der Waals surface area contributed by atoms with Crippen LogP contribution in [0.25, 0.3) is 0 Å². The Morgan fingerprint density at radius 1 is 1.30 bits per heavy atom. The summed E-state index contributed by atoms with van der Waals surface area (Å²) in [4.78, 5) is 23.6. The van der Waals surface area contributed by atoms with Crippen molar-refractivity contribution in [3.8, 4) is 0 Å². The van der Waals surface area contributed by atoms with E-state index in [0.717, 1.165) is 0 Å². The fourth-order valence-corrected chi connectivity index (χ4v) is 1.98. The van der Waals surface area contributed by atoms with Crippen molar-refractivity contribution in [2.24, 2.45) is 5.73 Å². The highest BCUT2D eigenvalue weighted by molar-refractivity contribution is 6.08. The van der Waals surface area contributed by atoms with Gasteiger partial charge in [0.05, 0.1) is 16.9 Å². The van der Waals surface area contributed by atoms with E-state index in [9.17, 15) is 9.59 Å². The monoisotopic (exact) mass is 272 g/mol. The Hall–Kier alpha value is -2.76. The van der Waals surface area contributed by atoms with E-state index >= 15 is 0 Å². The highest BCUT2D eigenvalue weighted by Crippen LogP contribution is 2.17. The first-order valence-corrected chi connectivity index (χ1v) is 6.18. The molecule has 2 aromatic rings. The molecule has 6 nitrogen and oxygen atoms in total. The third kappa shape index (κ3) is 2.64. The molecule has 0 fully saturated rings. The van der Waals surface area contributed by atoms with Crippen LogP contribution < -0.4 is 16.8 Å². The average Bonchev–Trinajstić information content (AvgIpc) is 2.80. The Labute approximate surface area is 116 Å². The lowest BCUT2D eigenvalue weighted by Crippen LogP contribution is -2.20. The summed E-state index contributed by atoms with van der Waals surface area (Å²) in [7, 11) is 0. The molecule has 1 aromatic heterocycles. The number of benzene rings is 1. The van der Waals surface area contributed by atoms with E-state index in [-0.39, 0.29) is 11.5 Å². The van der Waals surface area contributed by atoms with Gasteiger partial charge in [0.1, 0.15) is 5.69 Å². The number of anilines is 2. The molecule has 6 heteroatoms. The fraction of sp³-hybridized carbons (Fsp3) is 0.143. The second-order valence-electron chi connectivity index (χ2n) is 4.31. The summed E-state index contributed by atoms with van der Waals surface area (Å²) < 4.78 is 1.73. The van der Waals surface area contributed by atoms with Crippen LogP contribution in [0.1, 0.15) is 27.8 Å². The first-order chi connectivity index (χ1) is 9.52. The van der Waals surface area contributed by atoms with Crippen molar-refractivity contribution in [1.29, 1.82) is 0 Å². The van der Waals surface area contributed by atoms with Crippen LogP contribution in [0, 0.1) is 0 Å². The van der Waals surface area contributed by atoms with Gasteiger partial charge >= 0.3 is 0 Å². The molecular formula is C14H16N4O2. The standard InChI is InChI=1S/C14H16N4O2/c1-2-18-8-9(15)7-12(18)14(20)17-11-6-4-3-5-10(11)13(16)19/h3-8H,2,15H2,1H3,(H2,16,19)(H,17,20). The van der Waals surface area contributed by atoms with E-state index in [2.05, 4.69) is 5.32 Å². The van der Waals surface area contributed by atoms with Crippen molar-refractivity contribution in [1.82, 2.24) is 4.57 Å². The smallest absolute Gasteiger partial charge is 0.272 e. The fourth-order valence-electron chi connectivity index (χ4n) is 1.98. The number of carbonyl (C=O) groups excluding carboxylic acids is 2. The predicted molar refractivity (Wildman–Crippen MR) is 77.4 cm³/mol. The minimum absolute atomic E-state index is 0.267. The number of hydrogen-bond acceptors (Lipinski definition) is 3. The van der Waals surface area contributed by atoms with E-state index in [1.165, 1.54) is 0 Å². The molecule has 1 aromatic carbocycles.